The van der Waals surface area contributed by atoms with Crippen LogP contribution in [0.4, 0.5) is 0 Å². The number of likely N-dealkylation sites (tertiary alicyclic amines) is 1. The van der Waals surface area contributed by atoms with Gasteiger partial charge in [-0.3, -0.25) is 9.59 Å². The van der Waals surface area contributed by atoms with Crippen molar-refractivity contribution in [3.8, 4) is 0 Å². The Kier molecular flexibility index (Phi) is 6.46. The molecular formula is C20H26ClN5O2. The molecule has 1 saturated heterocycles. The van der Waals surface area contributed by atoms with E-state index in [1.165, 1.54) is 0 Å². The third-order valence-corrected chi connectivity index (χ3v) is 5.57. The second-order valence-electron chi connectivity index (χ2n) is 7.22. The van der Waals surface area contributed by atoms with Crippen LogP contribution in [0.3, 0.4) is 0 Å². The molecule has 150 valence electrons. The molecular weight excluding hydrogens is 378 g/mol. The van der Waals surface area contributed by atoms with Crippen LogP contribution in [0.2, 0.25) is 0 Å². The number of halogens is 1. The fourth-order valence-corrected chi connectivity index (χ4v) is 3.94. The number of hydrogen-bond donors (Lipinski definition) is 1. The lowest BCUT2D eigenvalue weighted by Gasteiger charge is -2.32. The van der Waals surface area contributed by atoms with E-state index in [1.54, 1.807) is 24.3 Å². The molecule has 2 aromatic rings. The number of carbonyl (C=O) groups is 2. The van der Waals surface area contributed by atoms with Crippen LogP contribution in [0, 0.1) is 0 Å². The van der Waals surface area contributed by atoms with Gasteiger partial charge in [-0.2, -0.15) is 0 Å². The average Bonchev–Trinajstić information content (AvgIpc) is 3.17. The Balaban J connectivity index is 0.00000225. The highest BCUT2D eigenvalue weighted by atomic mass is 35.5. The van der Waals surface area contributed by atoms with Gasteiger partial charge in [-0.25, -0.2) is 0 Å². The minimum Gasteiger partial charge on any atom is -0.339 e. The monoisotopic (exact) mass is 403 g/mol. The molecule has 1 aromatic carbocycles. The van der Waals surface area contributed by atoms with Crippen LogP contribution in [-0.4, -0.2) is 51.0 Å². The molecule has 0 bridgehead atoms. The number of Topliss-reactive ketones (excluding diaryl/α,β-unsaturated/α-hetero) is 1. The van der Waals surface area contributed by atoms with Crippen molar-refractivity contribution in [3.05, 3.63) is 47.0 Å². The van der Waals surface area contributed by atoms with Crippen LogP contribution in [0.25, 0.3) is 0 Å². The normalized spacial score (nSPS) is 17.0. The molecule has 1 N–H and O–H groups in total. The van der Waals surface area contributed by atoms with Gasteiger partial charge in [0.05, 0.1) is 6.54 Å². The highest BCUT2D eigenvalue weighted by Crippen LogP contribution is 2.28. The molecule has 0 spiro atoms. The van der Waals surface area contributed by atoms with E-state index in [0.717, 1.165) is 57.2 Å². The number of piperidine rings is 1. The highest BCUT2D eigenvalue weighted by Gasteiger charge is 2.29. The Bertz CT molecular complexity index is 841. The predicted molar refractivity (Wildman–Crippen MR) is 108 cm³/mol. The lowest BCUT2D eigenvalue weighted by Crippen LogP contribution is -2.39. The number of nitrogens with zero attached hydrogens (tertiary/aromatic N) is 4. The van der Waals surface area contributed by atoms with Gasteiger partial charge in [-0.15, -0.1) is 22.6 Å². The molecule has 1 aromatic heterocycles. The molecule has 2 aliphatic rings. The SMILES string of the molecule is CCC(=O)c1ccc(C(=O)N2CCC(c3nnc4n3CCNC4)CC2)cc1.Cl. The summed E-state index contributed by atoms with van der Waals surface area (Å²) >= 11 is 0. The van der Waals surface area contributed by atoms with Crippen LogP contribution < -0.4 is 5.32 Å². The second kappa shape index (κ2) is 8.84. The van der Waals surface area contributed by atoms with Crippen molar-refractivity contribution in [2.45, 2.75) is 45.2 Å². The maximum Gasteiger partial charge on any atom is 0.253 e. The van der Waals surface area contributed by atoms with E-state index in [4.69, 9.17) is 0 Å². The number of carbonyl (C=O) groups excluding carboxylic acids is 2. The molecule has 8 heteroatoms. The highest BCUT2D eigenvalue weighted by molar-refractivity contribution is 5.98. The number of benzene rings is 1. The van der Waals surface area contributed by atoms with E-state index in [2.05, 4.69) is 20.1 Å². The Morgan fingerprint density at radius 3 is 2.43 bits per heavy atom. The predicted octanol–water partition coefficient (Wildman–Crippen LogP) is 2.42. The van der Waals surface area contributed by atoms with Crippen molar-refractivity contribution in [1.29, 1.82) is 0 Å². The molecule has 1 amide bonds. The summed E-state index contributed by atoms with van der Waals surface area (Å²) in [5, 5.41) is 12.0. The summed E-state index contributed by atoms with van der Waals surface area (Å²) in [5.41, 5.74) is 1.31. The Morgan fingerprint density at radius 1 is 1.07 bits per heavy atom. The smallest absolute Gasteiger partial charge is 0.253 e. The van der Waals surface area contributed by atoms with Gasteiger partial charge in [0.2, 0.25) is 0 Å². The lowest BCUT2D eigenvalue weighted by molar-refractivity contribution is 0.0709. The van der Waals surface area contributed by atoms with E-state index in [9.17, 15) is 9.59 Å². The van der Waals surface area contributed by atoms with Crippen molar-refractivity contribution in [3.63, 3.8) is 0 Å². The van der Waals surface area contributed by atoms with Crippen LogP contribution >= 0.6 is 12.4 Å². The van der Waals surface area contributed by atoms with Gasteiger partial charge < -0.3 is 14.8 Å². The average molecular weight is 404 g/mol. The Hall–Kier alpha value is -2.25. The maximum atomic E-state index is 12.8. The molecule has 0 radical (unpaired) electrons. The topological polar surface area (TPSA) is 80.1 Å². The molecule has 0 atom stereocenters. The van der Waals surface area contributed by atoms with E-state index in [1.807, 2.05) is 11.8 Å². The number of rotatable bonds is 4. The van der Waals surface area contributed by atoms with Crippen LogP contribution in [0.5, 0.6) is 0 Å². The first-order valence-corrected chi connectivity index (χ1v) is 9.72. The molecule has 2 aliphatic heterocycles. The van der Waals surface area contributed by atoms with Gasteiger partial charge in [0, 0.05) is 49.6 Å². The number of amides is 1. The molecule has 4 rings (SSSR count). The van der Waals surface area contributed by atoms with Crippen LogP contribution in [0.1, 0.15) is 64.5 Å². The van der Waals surface area contributed by atoms with Gasteiger partial charge in [-0.05, 0) is 25.0 Å². The first kappa shape index (κ1) is 20.5. The Labute approximate surface area is 170 Å². The molecule has 0 saturated carbocycles. The molecule has 0 unspecified atom stereocenters. The van der Waals surface area contributed by atoms with Crippen molar-refractivity contribution in [2.75, 3.05) is 19.6 Å². The zero-order valence-corrected chi connectivity index (χ0v) is 16.9. The maximum absolute atomic E-state index is 12.8. The standard InChI is InChI=1S/C20H25N5O2.ClH/c1-2-17(26)14-3-5-16(6-4-14)20(27)24-10-7-15(8-11-24)19-23-22-18-13-21-9-12-25(18)19;/h3-6,15,21H,2,7-13H2,1H3;1H. The van der Waals surface area contributed by atoms with E-state index in [0.29, 0.717) is 23.5 Å². The van der Waals surface area contributed by atoms with Crippen molar-refractivity contribution < 1.29 is 9.59 Å². The van der Waals surface area contributed by atoms with E-state index >= 15 is 0 Å². The number of fused-ring (bicyclic) bond motifs is 1. The fraction of sp³-hybridized carbons (Fsp3) is 0.500. The molecule has 28 heavy (non-hydrogen) atoms. The van der Waals surface area contributed by atoms with Gasteiger partial charge in [0.15, 0.2) is 5.78 Å². The summed E-state index contributed by atoms with van der Waals surface area (Å²) in [6.45, 7) is 5.93. The zero-order valence-electron chi connectivity index (χ0n) is 16.1. The fourth-order valence-electron chi connectivity index (χ4n) is 3.94. The quantitative estimate of drug-likeness (QED) is 0.793. The first-order valence-electron chi connectivity index (χ1n) is 9.72. The summed E-state index contributed by atoms with van der Waals surface area (Å²) in [6, 6.07) is 7.03. The van der Waals surface area contributed by atoms with Crippen LogP contribution in [0.15, 0.2) is 24.3 Å². The largest absolute Gasteiger partial charge is 0.339 e. The van der Waals surface area contributed by atoms with Gasteiger partial charge in [-0.1, -0.05) is 19.1 Å². The summed E-state index contributed by atoms with van der Waals surface area (Å²) in [4.78, 5) is 26.4. The van der Waals surface area contributed by atoms with Crippen molar-refractivity contribution >= 4 is 24.1 Å². The summed E-state index contributed by atoms with van der Waals surface area (Å²) < 4.78 is 2.24. The third kappa shape index (κ3) is 3.95. The molecule has 0 aliphatic carbocycles. The number of ketones is 1. The van der Waals surface area contributed by atoms with Gasteiger partial charge >= 0.3 is 0 Å². The van der Waals surface area contributed by atoms with Gasteiger partial charge in [0.25, 0.3) is 5.91 Å². The number of nitrogens with one attached hydrogen (secondary N) is 1. The third-order valence-electron chi connectivity index (χ3n) is 5.57. The minimum absolute atomic E-state index is 0. The van der Waals surface area contributed by atoms with Crippen LogP contribution in [-0.2, 0) is 13.1 Å². The lowest BCUT2D eigenvalue weighted by atomic mass is 9.95. The molecule has 7 nitrogen and oxygen atoms in total. The number of aromatic nitrogens is 3. The zero-order chi connectivity index (χ0) is 18.8. The Morgan fingerprint density at radius 2 is 1.75 bits per heavy atom. The molecule has 1 fully saturated rings. The van der Waals surface area contributed by atoms with Crippen molar-refractivity contribution in [1.82, 2.24) is 25.0 Å². The summed E-state index contributed by atoms with van der Waals surface area (Å²) in [6.07, 6.45) is 2.29. The first-order chi connectivity index (χ1) is 13.2. The summed E-state index contributed by atoms with van der Waals surface area (Å²) in [7, 11) is 0. The van der Waals surface area contributed by atoms with Gasteiger partial charge in [0.1, 0.15) is 11.6 Å². The molecule has 3 heterocycles. The van der Waals surface area contributed by atoms with Crippen molar-refractivity contribution in [2.24, 2.45) is 0 Å². The minimum atomic E-state index is 0. The van der Waals surface area contributed by atoms with E-state index in [-0.39, 0.29) is 24.1 Å². The summed E-state index contributed by atoms with van der Waals surface area (Å²) in [5.74, 6) is 2.58. The number of hydrogen-bond acceptors (Lipinski definition) is 5. The second-order valence-corrected chi connectivity index (χ2v) is 7.22. The van der Waals surface area contributed by atoms with E-state index < -0.39 is 0 Å².